The third-order valence-electron chi connectivity index (χ3n) is 0.962. The Kier molecular flexibility index (Phi) is 7.36. The maximum atomic E-state index is 10.0. The fourth-order valence-electron chi connectivity index (χ4n) is 0.509. The summed E-state index contributed by atoms with van der Waals surface area (Å²) < 4.78 is 0. The summed E-state index contributed by atoms with van der Waals surface area (Å²) in [6.45, 7) is 0.384. The Morgan fingerprint density at radius 2 is 1.85 bits per heavy atom. The van der Waals surface area contributed by atoms with Gasteiger partial charge in [-0.2, -0.15) is 0 Å². The van der Waals surface area contributed by atoms with Crippen molar-refractivity contribution in [2.24, 2.45) is 0 Å². The van der Waals surface area contributed by atoms with E-state index in [2.05, 4.69) is 10.9 Å². The number of carboxylic acids is 2. The van der Waals surface area contributed by atoms with E-state index in [4.69, 9.17) is 10.2 Å². The van der Waals surface area contributed by atoms with E-state index in [9.17, 15) is 9.59 Å². The van der Waals surface area contributed by atoms with E-state index in [1.807, 2.05) is 0 Å². The summed E-state index contributed by atoms with van der Waals surface area (Å²) in [6, 6.07) is 0. The normalized spacial score (nSPS) is 9.85. The Morgan fingerprint density at radius 1 is 1.15 bits per heavy atom. The van der Waals surface area contributed by atoms with Gasteiger partial charge < -0.3 is 10.2 Å². The summed E-state index contributed by atoms with van der Waals surface area (Å²) >= 11 is 1.27. The molecular weight excluding hydrogens is 196 g/mol. The fraction of sp³-hybridized carbons (Fsp3) is 0.667. The Hall–Kier alpha value is -0.790. The van der Waals surface area contributed by atoms with Crippen LogP contribution in [0.4, 0.5) is 0 Å². The number of carboxylic acid groups (broad SMARTS) is 2. The Bertz CT molecular complexity index is 158. The van der Waals surface area contributed by atoms with Crippen molar-refractivity contribution in [3.05, 3.63) is 0 Å². The van der Waals surface area contributed by atoms with Gasteiger partial charge in [-0.15, -0.1) is 11.8 Å². The number of carbonyl (C=O) groups is 2. The molecule has 13 heavy (non-hydrogen) atoms. The van der Waals surface area contributed by atoms with E-state index >= 15 is 0 Å². The first-order valence-electron chi connectivity index (χ1n) is 3.60. The molecule has 6 nitrogen and oxygen atoms in total. The topological polar surface area (TPSA) is 98.7 Å². The van der Waals surface area contributed by atoms with Crippen molar-refractivity contribution in [1.29, 1.82) is 0 Å². The summed E-state index contributed by atoms with van der Waals surface area (Å²) in [5.74, 6) is -1.09. The Balaban J connectivity index is 3.00. The summed E-state index contributed by atoms with van der Waals surface area (Å²) in [7, 11) is 0. The molecule has 0 aliphatic carbocycles. The van der Waals surface area contributed by atoms with Gasteiger partial charge in [-0.05, 0) is 0 Å². The minimum atomic E-state index is -0.939. The molecule has 4 N–H and O–H groups in total. The summed E-state index contributed by atoms with van der Waals surface area (Å²) in [5.41, 5.74) is 5.11. The molecule has 0 aromatic carbocycles. The van der Waals surface area contributed by atoms with Gasteiger partial charge in [-0.3, -0.25) is 15.0 Å². The lowest BCUT2D eigenvalue weighted by molar-refractivity contribution is -0.136. The summed E-state index contributed by atoms with van der Waals surface area (Å²) in [6.07, 6.45) is 0. The van der Waals surface area contributed by atoms with Crippen LogP contribution >= 0.6 is 11.8 Å². The van der Waals surface area contributed by atoms with Crippen molar-refractivity contribution in [3.63, 3.8) is 0 Å². The molecule has 0 saturated carbocycles. The number of rotatable bonds is 8. The van der Waals surface area contributed by atoms with Crippen molar-refractivity contribution in [2.75, 3.05) is 24.6 Å². The van der Waals surface area contributed by atoms with Crippen LogP contribution in [0.2, 0.25) is 0 Å². The van der Waals surface area contributed by atoms with Crippen LogP contribution in [-0.4, -0.2) is 46.7 Å². The molecule has 0 unspecified atom stereocenters. The first-order valence-corrected chi connectivity index (χ1v) is 4.75. The van der Waals surface area contributed by atoms with Gasteiger partial charge in [0.25, 0.3) is 0 Å². The van der Waals surface area contributed by atoms with Crippen LogP contribution in [0, 0.1) is 0 Å². The zero-order chi connectivity index (χ0) is 10.1. The molecule has 0 fully saturated rings. The molecule has 7 heteroatoms. The highest BCUT2D eigenvalue weighted by Crippen LogP contribution is 1.95. The number of aliphatic carboxylic acids is 2. The van der Waals surface area contributed by atoms with Crippen molar-refractivity contribution in [1.82, 2.24) is 10.9 Å². The molecule has 0 heterocycles. The SMILES string of the molecule is O=C(O)CNNCCSCC(=O)O. The second kappa shape index (κ2) is 7.84. The smallest absolute Gasteiger partial charge is 0.318 e. The molecule has 0 aliphatic heterocycles. The van der Waals surface area contributed by atoms with Crippen molar-refractivity contribution < 1.29 is 19.8 Å². The monoisotopic (exact) mass is 208 g/mol. The van der Waals surface area contributed by atoms with Gasteiger partial charge in [0.1, 0.15) is 6.54 Å². The van der Waals surface area contributed by atoms with Gasteiger partial charge in [0.05, 0.1) is 5.75 Å². The minimum Gasteiger partial charge on any atom is -0.481 e. The van der Waals surface area contributed by atoms with E-state index in [1.165, 1.54) is 11.8 Å². The zero-order valence-electron chi connectivity index (χ0n) is 6.95. The summed E-state index contributed by atoms with van der Waals surface area (Å²) in [4.78, 5) is 20.0. The molecule has 0 bridgehead atoms. The predicted molar refractivity (Wildman–Crippen MR) is 48.6 cm³/mol. The Morgan fingerprint density at radius 3 is 2.38 bits per heavy atom. The molecular formula is C6H12N2O4S. The van der Waals surface area contributed by atoms with E-state index in [-0.39, 0.29) is 12.3 Å². The van der Waals surface area contributed by atoms with E-state index in [0.29, 0.717) is 12.3 Å². The van der Waals surface area contributed by atoms with Crippen molar-refractivity contribution in [3.8, 4) is 0 Å². The molecule has 0 amide bonds. The molecule has 0 atom stereocenters. The fourth-order valence-corrected chi connectivity index (χ4v) is 1.07. The zero-order valence-corrected chi connectivity index (χ0v) is 7.76. The largest absolute Gasteiger partial charge is 0.481 e. The van der Waals surface area contributed by atoms with Crippen LogP contribution < -0.4 is 10.9 Å². The number of hydrogen-bond donors (Lipinski definition) is 4. The summed E-state index contributed by atoms with van der Waals surface area (Å²) in [5, 5.41) is 16.5. The van der Waals surface area contributed by atoms with Gasteiger partial charge >= 0.3 is 11.9 Å². The molecule has 0 aromatic heterocycles. The molecule has 0 spiro atoms. The first-order chi connectivity index (χ1) is 6.13. The molecule has 0 aliphatic rings. The molecule has 76 valence electrons. The molecule has 0 saturated heterocycles. The first kappa shape index (κ1) is 12.2. The third-order valence-corrected chi connectivity index (χ3v) is 1.91. The second-order valence-corrected chi connectivity index (χ2v) is 3.23. The maximum Gasteiger partial charge on any atom is 0.318 e. The Labute approximate surface area is 79.7 Å². The van der Waals surface area contributed by atoms with E-state index < -0.39 is 11.9 Å². The van der Waals surface area contributed by atoms with Crippen LogP contribution in [0.3, 0.4) is 0 Å². The van der Waals surface area contributed by atoms with Crippen LogP contribution in [0.1, 0.15) is 0 Å². The van der Waals surface area contributed by atoms with Crippen LogP contribution in [0.25, 0.3) is 0 Å². The lowest BCUT2D eigenvalue weighted by atomic mass is 10.7. The molecule has 0 rings (SSSR count). The minimum absolute atomic E-state index is 0.0701. The van der Waals surface area contributed by atoms with Gasteiger partial charge in [-0.25, -0.2) is 5.43 Å². The van der Waals surface area contributed by atoms with Crippen LogP contribution in [0.5, 0.6) is 0 Å². The van der Waals surface area contributed by atoms with Gasteiger partial charge in [0, 0.05) is 12.3 Å². The number of hydrazine groups is 1. The maximum absolute atomic E-state index is 10.0. The predicted octanol–water partition coefficient (Wildman–Crippen LogP) is -1.02. The second-order valence-electron chi connectivity index (χ2n) is 2.12. The average molecular weight is 208 g/mol. The van der Waals surface area contributed by atoms with Gasteiger partial charge in [0.2, 0.25) is 0 Å². The average Bonchev–Trinajstić information content (AvgIpc) is 2.01. The van der Waals surface area contributed by atoms with E-state index in [1.54, 1.807) is 0 Å². The third kappa shape index (κ3) is 11.2. The van der Waals surface area contributed by atoms with Gasteiger partial charge in [-0.1, -0.05) is 0 Å². The van der Waals surface area contributed by atoms with Crippen molar-refractivity contribution >= 4 is 23.7 Å². The van der Waals surface area contributed by atoms with Crippen LogP contribution in [0.15, 0.2) is 0 Å². The van der Waals surface area contributed by atoms with E-state index in [0.717, 1.165) is 0 Å². The highest BCUT2D eigenvalue weighted by Gasteiger charge is 1.96. The lowest BCUT2D eigenvalue weighted by Gasteiger charge is -2.02. The number of hydrogen-bond acceptors (Lipinski definition) is 5. The highest BCUT2D eigenvalue weighted by atomic mass is 32.2. The van der Waals surface area contributed by atoms with Crippen LogP contribution in [-0.2, 0) is 9.59 Å². The highest BCUT2D eigenvalue weighted by molar-refractivity contribution is 7.99. The quantitative estimate of drug-likeness (QED) is 0.299. The number of thioether (sulfide) groups is 1. The molecule has 0 aromatic rings. The van der Waals surface area contributed by atoms with Crippen molar-refractivity contribution in [2.45, 2.75) is 0 Å². The standard InChI is InChI=1S/C6H12N2O4S/c9-5(10)3-8-7-1-2-13-4-6(11)12/h7-8H,1-4H2,(H,9,10)(H,11,12). The lowest BCUT2D eigenvalue weighted by Crippen LogP contribution is -2.37. The number of nitrogens with one attached hydrogen (secondary N) is 2. The molecule has 0 radical (unpaired) electrons. The van der Waals surface area contributed by atoms with Gasteiger partial charge in [0.15, 0.2) is 0 Å².